The molecule has 2 fully saturated rings. The first-order valence-corrected chi connectivity index (χ1v) is 11.1. The first-order chi connectivity index (χ1) is 15.4. The minimum Gasteiger partial charge on any atom is -0.487 e. The molecule has 0 aliphatic carbocycles. The molecule has 0 bridgehead atoms. The van der Waals surface area contributed by atoms with Crippen molar-refractivity contribution in [3.8, 4) is 5.75 Å². The molecule has 1 atom stereocenters. The molecule has 5 rings (SSSR count). The van der Waals surface area contributed by atoms with Crippen LogP contribution < -0.4 is 20.7 Å². The summed E-state index contributed by atoms with van der Waals surface area (Å²) in [6, 6.07) is 5.80. The second-order valence-corrected chi connectivity index (χ2v) is 9.60. The van der Waals surface area contributed by atoms with Gasteiger partial charge in [0.25, 0.3) is 5.91 Å². The number of nitrogens with zero attached hydrogens (tertiary/aromatic N) is 3. The molecule has 2 aromatic rings. The molecule has 1 aromatic carbocycles. The van der Waals surface area contributed by atoms with Crippen LogP contribution in [0, 0.1) is 5.41 Å². The van der Waals surface area contributed by atoms with Crippen LogP contribution in [0.1, 0.15) is 38.1 Å². The highest BCUT2D eigenvalue weighted by atomic mass is 16.5. The standard InChI is InChI=1S/C24H29N5O3/c1-23(2)12-16-10-18(28-22(30)17(13-25)21-26-6-3-7-27-21)19(11-20(16)32-23)29-8-4-24(14-29)5-9-31-15-24/h3,6-7,10-11,13H,4-5,8-9,12,14-15,25H2,1-2H3,(H,28,30)/t24-/m1/s1. The zero-order valence-electron chi connectivity index (χ0n) is 18.6. The van der Waals surface area contributed by atoms with E-state index in [0.717, 1.165) is 68.3 Å². The van der Waals surface area contributed by atoms with E-state index < -0.39 is 0 Å². The fraction of sp³-hybridized carbons (Fsp3) is 0.458. The predicted octanol–water partition coefficient (Wildman–Crippen LogP) is 2.75. The molecule has 2 saturated heterocycles. The van der Waals surface area contributed by atoms with Crippen LogP contribution in [0.25, 0.3) is 5.57 Å². The lowest BCUT2D eigenvalue weighted by atomic mass is 9.87. The number of carbonyl (C=O) groups is 1. The van der Waals surface area contributed by atoms with Crippen molar-refractivity contribution in [1.29, 1.82) is 0 Å². The Morgan fingerprint density at radius 2 is 2.06 bits per heavy atom. The maximum absolute atomic E-state index is 13.2. The number of ether oxygens (including phenoxy) is 2. The van der Waals surface area contributed by atoms with Crippen LogP contribution in [0.5, 0.6) is 5.75 Å². The van der Waals surface area contributed by atoms with Crippen molar-refractivity contribution >= 4 is 22.9 Å². The molecule has 4 heterocycles. The highest BCUT2D eigenvalue weighted by Gasteiger charge is 2.42. The van der Waals surface area contributed by atoms with Crippen LogP contribution in [0.2, 0.25) is 0 Å². The van der Waals surface area contributed by atoms with Crippen molar-refractivity contribution in [3.63, 3.8) is 0 Å². The van der Waals surface area contributed by atoms with Gasteiger partial charge >= 0.3 is 0 Å². The van der Waals surface area contributed by atoms with Gasteiger partial charge in [-0.3, -0.25) is 4.79 Å². The van der Waals surface area contributed by atoms with Gasteiger partial charge in [0.2, 0.25) is 0 Å². The van der Waals surface area contributed by atoms with Crippen LogP contribution >= 0.6 is 0 Å². The highest BCUT2D eigenvalue weighted by molar-refractivity contribution is 6.24. The Balaban J connectivity index is 1.48. The van der Waals surface area contributed by atoms with Crippen molar-refractivity contribution < 1.29 is 14.3 Å². The molecular formula is C24H29N5O3. The molecule has 3 N–H and O–H groups in total. The molecule has 1 spiro atoms. The predicted molar refractivity (Wildman–Crippen MR) is 122 cm³/mol. The SMILES string of the molecule is CC1(C)Cc2cc(NC(=O)C(=CN)c3ncccn3)c(N3CC[C@@]4(CCOC4)C3)cc2O1. The number of hydrogen-bond donors (Lipinski definition) is 2. The second kappa shape index (κ2) is 7.78. The number of anilines is 2. The third kappa shape index (κ3) is 3.79. The Morgan fingerprint density at radius 3 is 2.78 bits per heavy atom. The van der Waals surface area contributed by atoms with E-state index in [1.54, 1.807) is 18.5 Å². The van der Waals surface area contributed by atoms with E-state index in [1.165, 1.54) is 6.20 Å². The van der Waals surface area contributed by atoms with Gasteiger partial charge in [0.1, 0.15) is 11.4 Å². The Bertz CT molecular complexity index is 1060. The van der Waals surface area contributed by atoms with Gasteiger partial charge in [-0.25, -0.2) is 9.97 Å². The fourth-order valence-electron chi connectivity index (χ4n) is 4.99. The van der Waals surface area contributed by atoms with Gasteiger partial charge in [-0.1, -0.05) is 0 Å². The lowest BCUT2D eigenvalue weighted by Gasteiger charge is -2.26. The summed E-state index contributed by atoms with van der Waals surface area (Å²) in [6.07, 6.45) is 7.37. The molecule has 8 heteroatoms. The quantitative estimate of drug-likeness (QED) is 0.712. The first kappa shape index (κ1) is 20.8. The average molecular weight is 436 g/mol. The maximum atomic E-state index is 13.2. The Labute approximate surface area is 187 Å². The molecular weight excluding hydrogens is 406 g/mol. The molecule has 32 heavy (non-hydrogen) atoms. The smallest absolute Gasteiger partial charge is 0.261 e. The van der Waals surface area contributed by atoms with E-state index in [9.17, 15) is 4.79 Å². The summed E-state index contributed by atoms with van der Waals surface area (Å²) in [6.45, 7) is 7.59. The largest absolute Gasteiger partial charge is 0.487 e. The zero-order chi connectivity index (χ0) is 22.3. The molecule has 0 saturated carbocycles. The zero-order valence-corrected chi connectivity index (χ0v) is 18.6. The van der Waals surface area contributed by atoms with E-state index in [0.29, 0.717) is 5.82 Å². The second-order valence-electron chi connectivity index (χ2n) is 9.60. The molecule has 168 valence electrons. The van der Waals surface area contributed by atoms with Gasteiger partial charge in [-0.2, -0.15) is 0 Å². The normalized spacial score (nSPS) is 23.9. The minimum absolute atomic E-state index is 0.195. The summed E-state index contributed by atoms with van der Waals surface area (Å²) >= 11 is 0. The van der Waals surface area contributed by atoms with E-state index in [-0.39, 0.29) is 22.5 Å². The lowest BCUT2D eigenvalue weighted by molar-refractivity contribution is -0.111. The molecule has 1 aromatic heterocycles. The molecule has 0 unspecified atom stereocenters. The van der Waals surface area contributed by atoms with Gasteiger partial charge in [-0.05, 0) is 38.8 Å². The third-order valence-corrected chi connectivity index (χ3v) is 6.61. The van der Waals surface area contributed by atoms with Crippen LogP contribution in [0.15, 0.2) is 36.8 Å². The monoisotopic (exact) mass is 435 g/mol. The van der Waals surface area contributed by atoms with E-state index in [4.69, 9.17) is 15.2 Å². The Kier molecular flexibility index (Phi) is 5.04. The van der Waals surface area contributed by atoms with Crippen LogP contribution in [0.4, 0.5) is 11.4 Å². The number of carbonyl (C=O) groups excluding carboxylic acids is 1. The molecule has 8 nitrogen and oxygen atoms in total. The fourth-order valence-corrected chi connectivity index (χ4v) is 4.99. The topological polar surface area (TPSA) is 103 Å². The first-order valence-electron chi connectivity index (χ1n) is 11.1. The van der Waals surface area contributed by atoms with Crippen LogP contribution in [-0.4, -0.2) is 47.8 Å². The van der Waals surface area contributed by atoms with Gasteiger partial charge in [-0.15, -0.1) is 0 Å². The summed E-state index contributed by atoms with van der Waals surface area (Å²) in [5, 5.41) is 3.08. The molecule has 3 aliphatic heterocycles. The molecule has 1 amide bonds. The summed E-state index contributed by atoms with van der Waals surface area (Å²) in [5.74, 6) is 0.840. The summed E-state index contributed by atoms with van der Waals surface area (Å²) < 4.78 is 11.9. The van der Waals surface area contributed by atoms with Gasteiger partial charge in [0.05, 0.1) is 23.6 Å². The highest BCUT2D eigenvalue weighted by Crippen LogP contribution is 2.46. The maximum Gasteiger partial charge on any atom is 0.261 e. The van der Waals surface area contributed by atoms with Crippen molar-refractivity contribution in [2.24, 2.45) is 11.1 Å². The number of nitrogens with two attached hydrogens (primary N) is 1. The van der Waals surface area contributed by atoms with Crippen LogP contribution in [-0.2, 0) is 16.0 Å². The minimum atomic E-state index is -0.337. The number of nitrogens with one attached hydrogen (secondary N) is 1. The third-order valence-electron chi connectivity index (χ3n) is 6.61. The Morgan fingerprint density at radius 1 is 1.25 bits per heavy atom. The number of fused-ring (bicyclic) bond motifs is 1. The van der Waals surface area contributed by atoms with Crippen LogP contribution in [0.3, 0.4) is 0 Å². The summed E-state index contributed by atoms with van der Waals surface area (Å²) in [5.41, 5.74) is 8.73. The summed E-state index contributed by atoms with van der Waals surface area (Å²) in [7, 11) is 0. The lowest BCUT2D eigenvalue weighted by Crippen LogP contribution is -2.28. The number of amides is 1. The van der Waals surface area contributed by atoms with Gasteiger partial charge in [0.15, 0.2) is 5.82 Å². The van der Waals surface area contributed by atoms with Gasteiger partial charge < -0.3 is 25.4 Å². The van der Waals surface area contributed by atoms with E-state index in [2.05, 4.69) is 40.1 Å². The average Bonchev–Trinajstić information content (AvgIpc) is 3.47. The Hall–Kier alpha value is -3.13. The number of benzene rings is 1. The van der Waals surface area contributed by atoms with Crippen molar-refractivity contribution in [2.45, 2.75) is 38.7 Å². The van der Waals surface area contributed by atoms with Crippen molar-refractivity contribution in [3.05, 3.63) is 48.2 Å². The molecule has 3 aliphatic rings. The van der Waals surface area contributed by atoms with E-state index >= 15 is 0 Å². The van der Waals surface area contributed by atoms with Gasteiger partial charge in [0, 0.05) is 61.8 Å². The summed E-state index contributed by atoms with van der Waals surface area (Å²) in [4.78, 5) is 23.9. The number of hydrogen-bond acceptors (Lipinski definition) is 7. The number of rotatable bonds is 4. The van der Waals surface area contributed by atoms with Crippen molar-refractivity contribution in [1.82, 2.24) is 9.97 Å². The number of aromatic nitrogens is 2. The van der Waals surface area contributed by atoms with Crippen molar-refractivity contribution in [2.75, 3.05) is 36.5 Å². The van der Waals surface area contributed by atoms with E-state index in [1.807, 2.05) is 6.07 Å². The molecule has 0 radical (unpaired) electrons.